The molecular weight excluding hydrogens is 318 g/mol. The third-order valence-electron chi connectivity index (χ3n) is 3.61. The SMILES string of the molecule is COc1cccc(NC(=O)N[C@@H](c2ccccc2)c2n[nH]c(C)n2)c1. The van der Waals surface area contributed by atoms with Crippen molar-refractivity contribution in [3.8, 4) is 5.75 Å². The molecule has 0 radical (unpaired) electrons. The van der Waals surface area contributed by atoms with Crippen LogP contribution in [0.2, 0.25) is 0 Å². The smallest absolute Gasteiger partial charge is 0.320 e. The number of nitrogens with one attached hydrogen (secondary N) is 3. The fourth-order valence-electron chi connectivity index (χ4n) is 2.43. The topological polar surface area (TPSA) is 91.9 Å². The van der Waals surface area contributed by atoms with Crippen molar-refractivity contribution in [3.63, 3.8) is 0 Å². The van der Waals surface area contributed by atoms with E-state index in [2.05, 4.69) is 25.8 Å². The third kappa shape index (κ3) is 4.14. The first-order valence-corrected chi connectivity index (χ1v) is 7.81. The van der Waals surface area contributed by atoms with Crippen molar-refractivity contribution in [1.29, 1.82) is 0 Å². The monoisotopic (exact) mass is 337 g/mol. The summed E-state index contributed by atoms with van der Waals surface area (Å²) >= 11 is 0. The first-order chi connectivity index (χ1) is 12.2. The second kappa shape index (κ2) is 7.48. The van der Waals surface area contributed by atoms with Gasteiger partial charge in [-0.3, -0.25) is 5.10 Å². The van der Waals surface area contributed by atoms with Crippen LogP contribution in [-0.2, 0) is 0 Å². The molecule has 1 atom stereocenters. The minimum Gasteiger partial charge on any atom is -0.497 e. The molecule has 0 fully saturated rings. The molecule has 128 valence electrons. The van der Waals surface area contributed by atoms with E-state index in [1.54, 1.807) is 19.2 Å². The van der Waals surface area contributed by atoms with Gasteiger partial charge in [0.25, 0.3) is 0 Å². The summed E-state index contributed by atoms with van der Waals surface area (Å²) in [7, 11) is 1.58. The zero-order valence-electron chi connectivity index (χ0n) is 14.0. The van der Waals surface area contributed by atoms with Crippen molar-refractivity contribution >= 4 is 11.7 Å². The van der Waals surface area contributed by atoms with Gasteiger partial charge in [-0.05, 0) is 24.6 Å². The molecule has 3 rings (SSSR count). The molecule has 1 heterocycles. The molecule has 25 heavy (non-hydrogen) atoms. The molecule has 0 aliphatic heterocycles. The molecule has 0 spiro atoms. The Labute approximate surface area is 145 Å². The third-order valence-corrected chi connectivity index (χ3v) is 3.61. The van der Waals surface area contributed by atoms with E-state index in [4.69, 9.17) is 4.74 Å². The molecule has 1 aromatic heterocycles. The van der Waals surface area contributed by atoms with E-state index < -0.39 is 6.04 Å². The van der Waals surface area contributed by atoms with Crippen molar-refractivity contribution < 1.29 is 9.53 Å². The van der Waals surface area contributed by atoms with Crippen LogP contribution in [0.5, 0.6) is 5.75 Å². The van der Waals surface area contributed by atoms with Crippen LogP contribution in [0.25, 0.3) is 0 Å². The summed E-state index contributed by atoms with van der Waals surface area (Å²) in [6.07, 6.45) is 0. The van der Waals surface area contributed by atoms with Gasteiger partial charge in [-0.15, -0.1) is 0 Å². The Morgan fingerprint density at radius 2 is 1.96 bits per heavy atom. The number of methoxy groups -OCH3 is 1. The number of aromatic amines is 1. The normalized spacial score (nSPS) is 11.6. The van der Waals surface area contributed by atoms with E-state index in [1.807, 2.05) is 49.4 Å². The Hall–Kier alpha value is -3.35. The quantitative estimate of drug-likeness (QED) is 0.667. The van der Waals surface area contributed by atoms with Gasteiger partial charge >= 0.3 is 6.03 Å². The van der Waals surface area contributed by atoms with Crippen LogP contribution in [0, 0.1) is 6.92 Å². The number of hydrogen-bond donors (Lipinski definition) is 3. The zero-order valence-corrected chi connectivity index (χ0v) is 14.0. The Morgan fingerprint density at radius 3 is 2.64 bits per heavy atom. The van der Waals surface area contributed by atoms with Crippen molar-refractivity contribution in [2.45, 2.75) is 13.0 Å². The largest absolute Gasteiger partial charge is 0.497 e. The summed E-state index contributed by atoms with van der Waals surface area (Å²) in [6, 6.07) is 15.9. The highest BCUT2D eigenvalue weighted by Crippen LogP contribution is 2.20. The second-order valence-electron chi connectivity index (χ2n) is 5.45. The second-order valence-corrected chi connectivity index (χ2v) is 5.45. The molecule has 0 bridgehead atoms. The summed E-state index contributed by atoms with van der Waals surface area (Å²) < 4.78 is 5.16. The highest BCUT2D eigenvalue weighted by molar-refractivity contribution is 5.89. The number of urea groups is 1. The standard InChI is InChI=1S/C18H19N5O2/c1-12-19-17(23-22-12)16(13-7-4-3-5-8-13)21-18(24)20-14-9-6-10-15(11-14)25-2/h3-11,16H,1-2H3,(H,19,22,23)(H2,20,21,24)/t16-/m0/s1. The first-order valence-electron chi connectivity index (χ1n) is 7.81. The number of ether oxygens (including phenoxy) is 1. The number of aromatic nitrogens is 3. The van der Waals surface area contributed by atoms with Crippen LogP contribution < -0.4 is 15.4 Å². The number of nitrogens with zero attached hydrogens (tertiary/aromatic N) is 2. The van der Waals surface area contributed by atoms with Gasteiger partial charge in [-0.1, -0.05) is 36.4 Å². The van der Waals surface area contributed by atoms with Gasteiger partial charge in [0.2, 0.25) is 0 Å². The Balaban J connectivity index is 1.79. The number of carbonyl (C=O) groups is 1. The van der Waals surface area contributed by atoms with Crippen LogP contribution in [0.15, 0.2) is 54.6 Å². The molecule has 3 aromatic rings. The fraction of sp³-hybridized carbons (Fsp3) is 0.167. The number of rotatable bonds is 5. The molecular formula is C18H19N5O2. The predicted molar refractivity (Wildman–Crippen MR) is 94.6 cm³/mol. The average molecular weight is 337 g/mol. The minimum atomic E-state index is -0.461. The van der Waals surface area contributed by atoms with Crippen molar-refractivity contribution in [2.75, 3.05) is 12.4 Å². The number of aryl methyl sites for hydroxylation is 1. The summed E-state index contributed by atoms with van der Waals surface area (Å²) in [5.41, 5.74) is 1.53. The molecule has 7 nitrogen and oxygen atoms in total. The zero-order chi connectivity index (χ0) is 17.6. The Morgan fingerprint density at radius 1 is 1.16 bits per heavy atom. The van der Waals surface area contributed by atoms with E-state index in [-0.39, 0.29) is 6.03 Å². The lowest BCUT2D eigenvalue weighted by Gasteiger charge is -2.17. The molecule has 0 aliphatic carbocycles. The minimum absolute atomic E-state index is 0.357. The van der Waals surface area contributed by atoms with Gasteiger partial charge in [0.15, 0.2) is 5.82 Å². The van der Waals surface area contributed by atoms with E-state index in [0.29, 0.717) is 23.1 Å². The van der Waals surface area contributed by atoms with Crippen LogP contribution in [-0.4, -0.2) is 28.3 Å². The fourth-order valence-corrected chi connectivity index (χ4v) is 2.43. The van der Waals surface area contributed by atoms with Gasteiger partial charge in [-0.2, -0.15) is 5.10 Å². The molecule has 0 aliphatic rings. The molecule has 3 N–H and O–H groups in total. The van der Waals surface area contributed by atoms with E-state index in [9.17, 15) is 4.79 Å². The van der Waals surface area contributed by atoms with Crippen LogP contribution in [0.1, 0.15) is 23.3 Å². The molecule has 2 aromatic carbocycles. The summed E-state index contributed by atoms with van der Waals surface area (Å²) in [4.78, 5) is 16.8. The summed E-state index contributed by atoms with van der Waals surface area (Å²) in [5, 5.41) is 12.7. The van der Waals surface area contributed by atoms with Gasteiger partial charge in [0.05, 0.1) is 7.11 Å². The molecule has 0 saturated carbocycles. The molecule has 0 unspecified atom stereocenters. The number of hydrogen-bond acceptors (Lipinski definition) is 4. The number of H-pyrrole nitrogens is 1. The lowest BCUT2D eigenvalue weighted by molar-refractivity contribution is 0.249. The highest BCUT2D eigenvalue weighted by Gasteiger charge is 2.20. The van der Waals surface area contributed by atoms with Gasteiger partial charge in [0.1, 0.15) is 17.6 Å². The number of benzene rings is 2. The molecule has 0 saturated heterocycles. The maximum atomic E-state index is 12.4. The van der Waals surface area contributed by atoms with E-state index in [1.165, 1.54) is 0 Å². The lowest BCUT2D eigenvalue weighted by atomic mass is 10.1. The number of amides is 2. The summed E-state index contributed by atoms with van der Waals surface area (Å²) in [6.45, 7) is 1.81. The van der Waals surface area contributed by atoms with Gasteiger partial charge in [-0.25, -0.2) is 9.78 Å². The number of anilines is 1. The first kappa shape index (κ1) is 16.5. The summed E-state index contributed by atoms with van der Waals surface area (Å²) in [5.74, 6) is 1.86. The Bertz CT molecular complexity index is 847. The maximum absolute atomic E-state index is 12.4. The lowest BCUT2D eigenvalue weighted by Crippen LogP contribution is -2.33. The average Bonchev–Trinajstić information content (AvgIpc) is 3.06. The van der Waals surface area contributed by atoms with Crippen LogP contribution >= 0.6 is 0 Å². The molecule has 2 amide bonds. The van der Waals surface area contributed by atoms with Crippen molar-refractivity contribution in [3.05, 3.63) is 71.8 Å². The molecule has 7 heteroatoms. The van der Waals surface area contributed by atoms with Crippen LogP contribution in [0.3, 0.4) is 0 Å². The van der Waals surface area contributed by atoms with Crippen molar-refractivity contribution in [2.24, 2.45) is 0 Å². The maximum Gasteiger partial charge on any atom is 0.320 e. The van der Waals surface area contributed by atoms with Gasteiger partial charge < -0.3 is 15.4 Å². The van der Waals surface area contributed by atoms with Crippen LogP contribution in [0.4, 0.5) is 10.5 Å². The van der Waals surface area contributed by atoms with Gasteiger partial charge in [0, 0.05) is 11.8 Å². The van der Waals surface area contributed by atoms with E-state index in [0.717, 1.165) is 5.56 Å². The van der Waals surface area contributed by atoms with Crippen molar-refractivity contribution in [1.82, 2.24) is 20.5 Å². The predicted octanol–water partition coefficient (Wildman–Crippen LogP) is 3.03. The number of carbonyl (C=O) groups excluding carboxylic acids is 1. The Kier molecular flexibility index (Phi) is 4.94. The van der Waals surface area contributed by atoms with E-state index >= 15 is 0 Å². The highest BCUT2D eigenvalue weighted by atomic mass is 16.5.